The second-order valence-corrected chi connectivity index (χ2v) is 9.25. The lowest BCUT2D eigenvalue weighted by Gasteiger charge is -2.09. The summed E-state index contributed by atoms with van der Waals surface area (Å²) in [7, 11) is -3.59. The third-order valence-electron chi connectivity index (χ3n) is 4.86. The maximum absolute atomic E-state index is 12.9. The van der Waals surface area contributed by atoms with E-state index in [-0.39, 0.29) is 22.2 Å². The number of hydrogen-bond acceptors (Lipinski definition) is 4. The molecule has 2 N–H and O–H groups in total. The molecule has 152 valence electrons. The number of sulfone groups is 1. The molecule has 7 heteroatoms. The quantitative estimate of drug-likeness (QED) is 0.512. The fourth-order valence-corrected chi connectivity index (χ4v) is 4.83. The monoisotopic (exact) mass is 419 g/mol. The van der Waals surface area contributed by atoms with Gasteiger partial charge >= 0.3 is 0 Å². The minimum absolute atomic E-state index is 0.227. The topological polar surface area (TPSA) is 91.9 Å². The summed E-state index contributed by atoms with van der Waals surface area (Å²) >= 11 is 0. The van der Waals surface area contributed by atoms with Crippen molar-refractivity contribution in [3.63, 3.8) is 0 Å². The molecule has 0 unspecified atom stereocenters. The summed E-state index contributed by atoms with van der Waals surface area (Å²) in [6.07, 6.45) is 3.35. The number of carbonyl (C=O) groups excluding carboxylic acids is 1. The highest BCUT2D eigenvalue weighted by Crippen LogP contribution is 2.23. The van der Waals surface area contributed by atoms with Crippen LogP contribution in [0.25, 0.3) is 10.9 Å². The molecule has 6 nitrogen and oxygen atoms in total. The van der Waals surface area contributed by atoms with Crippen LogP contribution in [0.5, 0.6) is 0 Å². The van der Waals surface area contributed by atoms with E-state index in [4.69, 9.17) is 0 Å². The summed E-state index contributed by atoms with van der Waals surface area (Å²) in [6, 6.07) is 15.4. The van der Waals surface area contributed by atoms with Gasteiger partial charge in [-0.1, -0.05) is 18.2 Å². The van der Waals surface area contributed by atoms with Gasteiger partial charge in [-0.05, 0) is 66.9 Å². The van der Waals surface area contributed by atoms with Crippen LogP contribution in [0, 0.1) is 13.8 Å². The molecule has 0 aliphatic heterocycles. The van der Waals surface area contributed by atoms with Gasteiger partial charge in [0, 0.05) is 29.8 Å². The first-order chi connectivity index (χ1) is 14.3. The van der Waals surface area contributed by atoms with Crippen LogP contribution >= 0.6 is 0 Å². The van der Waals surface area contributed by atoms with E-state index in [9.17, 15) is 13.2 Å². The Morgan fingerprint density at radius 2 is 1.67 bits per heavy atom. The minimum atomic E-state index is -3.59. The van der Waals surface area contributed by atoms with E-state index in [1.54, 1.807) is 60.9 Å². The van der Waals surface area contributed by atoms with Gasteiger partial charge in [0.25, 0.3) is 5.91 Å². The fourth-order valence-electron chi connectivity index (χ4n) is 3.38. The van der Waals surface area contributed by atoms with Gasteiger partial charge in [0.15, 0.2) is 0 Å². The number of hydrogen-bond donors (Lipinski definition) is 2. The second-order valence-electron chi connectivity index (χ2n) is 7.30. The van der Waals surface area contributed by atoms with Crippen LogP contribution in [0.2, 0.25) is 0 Å². The van der Waals surface area contributed by atoms with Crippen molar-refractivity contribution in [3.05, 3.63) is 89.4 Å². The highest BCUT2D eigenvalue weighted by atomic mass is 32.2. The smallest absolute Gasteiger partial charge is 0.267 e. The van der Waals surface area contributed by atoms with E-state index in [0.29, 0.717) is 5.69 Å². The Morgan fingerprint density at radius 3 is 2.33 bits per heavy atom. The maximum atomic E-state index is 12.9. The molecule has 2 aromatic carbocycles. The molecule has 0 spiro atoms. The van der Waals surface area contributed by atoms with E-state index < -0.39 is 9.84 Å². The number of pyridine rings is 1. The van der Waals surface area contributed by atoms with E-state index in [2.05, 4.69) is 15.3 Å². The Bertz CT molecular complexity index is 1290. The number of benzene rings is 2. The number of carbonyl (C=O) groups is 1. The van der Waals surface area contributed by atoms with Crippen LogP contribution in [0.15, 0.2) is 76.8 Å². The number of H-pyrrole nitrogens is 1. The molecule has 2 heterocycles. The lowest BCUT2D eigenvalue weighted by Crippen LogP contribution is -2.23. The lowest BCUT2D eigenvalue weighted by atomic mass is 10.2. The average molecular weight is 420 g/mol. The molecule has 0 saturated carbocycles. The summed E-state index contributed by atoms with van der Waals surface area (Å²) in [5.41, 5.74) is 3.91. The standard InChI is InChI=1S/C23H21N3O3S/c1-15-9-16(2)11-20(10-15)30(28,29)19-5-3-17(4-6-19)13-25-23(27)22-12-18-14-24-8-7-21(18)26-22/h3-12,14,26H,13H2,1-2H3,(H,25,27). The van der Waals surface area contributed by atoms with Crippen molar-refractivity contribution in [2.75, 3.05) is 0 Å². The number of rotatable bonds is 5. The lowest BCUT2D eigenvalue weighted by molar-refractivity contribution is 0.0946. The third-order valence-corrected chi connectivity index (χ3v) is 6.61. The Hall–Kier alpha value is -3.45. The van der Waals surface area contributed by atoms with Crippen LogP contribution in [0.4, 0.5) is 0 Å². The number of fused-ring (bicyclic) bond motifs is 1. The Kier molecular flexibility index (Phi) is 5.13. The number of amides is 1. The molecule has 0 fully saturated rings. The molecule has 1 amide bonds. The summed E-state index contributed by atoms with van der Waals surface area (Å²) in [5, 5.41) is 3.71. The van der Waals surface area contributed by atoms with Crippen LogP contribution < -0.4 is 5.32 Å². The van der Waals surface area contributed by atoms with Crippen molar-refractivity contribution in [2.24, 2.45) is 0 Å². The van der Waals surface area contributed by atoms with Crippen molar-refractivity contribution in [3.8, 4) is 0 Å². The number of aromatic amines is 1. The largest absolute Gasteiger partial charge is 0.350 e. The molecule has 0 atom stereocenters. The predicted molar refractivity (Wildman–Crippen MR) is 115 cm³/mol. The zero-order chi connectivity index (χ0) is 21.3. The number of aryl methyl sites for hydroxylation is 2. The summed E-state index contributed by atoms with van der Waals surface area (Å²) < 4.78 is 25.8. The number of aromatic nitrogens is 2. The van der Waals surface area contributed by atoms with Gasteiger partial charge in [-0.25, -0.2) is 8.42 Å². The highest BCUT2D eigenvalue weighted by molar-refractivity contribution is 7.91. The molecule has 0 saturated heterocycles. The van der Waals surface area contributed by atoms with Crippen molar-refractivity contribution in [1.29, 1.82) is 0 Å². The summed E-state index contributed by atoms with van der Waals surface area (Å²) in [5.74, 6) is -0.238. The van der Waals surface area contributed by atoms with Gasteiger partial charge in [-0.2, -0.15) is 0 Å². The van der Waals surface area contributed by atoms with Crippen molar-refractivity contribution < 1.29 is 13.2 Å². The molecule has 0 aliphatic carbocycles. The van der Waals surface area contributed by atoms with Crippen molar-refractivity contribution in [2.45, 2.75) is 30.2 Å². The minimum Gasteiger partial charge on any atom is -0.350 e. The van der Waals surface area contributed by atoms with Crippen molar-refractivity contribution >= 4 is 26.6 Å². The van der Waals surface area contributed by atoms with Crippen LogP contribution in [0.3, 0.4) is 0 Å². The predicted octanol–water partition coefficient (Wildman–Crippen LogP) is 3.94. The Morgan fingerprint density at radius 1 is 0.967 bits per heavy atom. The van der Waals surface area contributed by atoms with Gasteiger partial charge in [-0.3, -0.25) is 9.78 Å². The number of nitrogens with zero attached hydrogens (tertiary/aromatic N) is 1. The molecule has 0 bridgehead atoms. The van der Waals surface area contributed by atoms with E-state index >= 15 is 0 Å². The van der Waals surface area contributed by atoms with Gasteiger partial charge < -0.3 is 10.3 Å². The highest BCUT2D eigenvalue weighted by Gasteiger charge is 2.18. The van der Waals surface area contributed by atoms with Gasteiger partial charge in [0.05, 0.1) is 9.79 Å². The number of nitrogens with one attached hydrogen (secondary N) is 2. The van der Waals surface area contributed by atoms with Crippen LogP contribution in [0.1, 0.15) is 27.2 Å². The first-order valence-electron chi connectivity index (χ1n) is 9.46. The average Bonchev–Trinajstić information content (AvgIpc) is 3.16. The fraction of sp³-hybridized carbons (Fsp3) is 0.130. The summed E-state index contributed by atoms with van der Waals surface area (Å²) in [6.45, 7) is 4.04. The molecular formula is C23H21N3O3S. The molecular weight excluding hydrogens is 398 g/mol. The third kappa shape index (κ3) is 3.97. The van der Waals surface area contributed by atoms with E-state index in [1.165, 1.54) is 0 Å². The van der Waals surface area contributed by atoms with Crippen LogP contribution in [-0.4, -0.2) is 24.3 Å². The molecule has 4 aromatic rings. The zero-order valence-electron chi connectivity index (χ0n) is 16.6. The second kappa shape index (κ2) is 7.76. The van der Waals surface area contributed by atoms with Crippen LogP contribution in [-0.2, 0) is 16.4 Å². The summed E-state index contributed by atoms with van der Waals surface area (Å²) in [4.78, 5) is 20.0. The maximum Gasteiger partial charge on any atom is 0.267 e. The molecule has 0 radical (unpaired) electrons. The SMILES string of the molecule is Cc1cc(C)cc(S(=O)(=O)c2ccc(CNC(=O)c3cc4cnccc4[nH]3)cc2)c1. The Balaban J connectivity index is 1.47. The van der Waals surface area contributed by atoms with Gasteiger partial charge in [0.2, 0.25) is 9.84 Å². The molecule has 2 aromatic heterocycles. The van der Waals surface area contributed by atoms with E-state index in [1.807, 2.05) is 19.9 Å². The normalized spacial score (nSPS) is 11.5. The zero-order valence-corrected chi connectivity index (χ0v) is 17.5. The molecule has 4 rings (SSSR count). The Labute approximate surface area is 174 Å². The van der Waals surface area contributed by atoms with Gasteiger partial charge in [-0.15, -0.1) is 0 Å². The first kappa shape index (κ1) is 19.8. The molecule has 0 aliphatic rings. The first-order valence-corrected chi connectivity index (χ1v) is 10.9. The van der Waals surface area contributed by atoms with Crippen molar-refractivity contribution in [1.82, 2.24) is 15.3 Å². The molecule has 30 heavy (non-hydrogen) atoms. The van der Waals surface area contributed by atoms with Gasteiger partial charge in [0.1, 0.15) is 5.69 Å². The van der Waals surface area contributed by atoms with E-state index in [0.717, 1.165) is 27.6 Å².